The Morgan fingerprint density at radius 3 is 2.53 bits per heavy atom. The Hall–Kier alpha value is -3.27. The number of para-hydroxylation sites is 1. The molecule has 0 aliphatic rings. The topological polar surface area (TPSA) is 109 Å². The van der Waals surface area contributed by atoms with Crippen LogP contribution in [0, 0.1) is 10.1 Å². The first kappa shape index (κ1) is 29.3. The molecule has 38 heavy (non-hydrogen) atoms. The second kappa shape index (κ2) is 13.5. The third-order valence-electron chi connectivity index (χ3n) is 5.82. The average molecular weight is 564 g/mol. The number of hydrogen-bond donors (Lipinski definition) is 2. The molecule has 2 N–H and O–H groups in total. The van der Waals surface area contributed by atoms with Crippen LogP contribution in [0.15, 0.2) is 42.6 Å². The lowest BCUT2D eigenvalue weighted by Crippen LogP contribution is -2.32. The fraction of sp³-hybridized carbons (Fsp3) is 0.360. The van der Waals surface area contributed by atoms with Gasteiger partial charge in [-0.25, -0.2) is 9.37 Å². The van der Waals surface area contributed by atoms with Crippen LogP contribution in [0.1, 0.15) is 0 Å². The summed E-state index contributed by atoms with van der Waals surface area (Å²) >= 11 is 6.38. The highest BCUT2D eigenvalue weighted by molar-refractivity contribution is 7.64. The van der Waals surface area contributed by atoms with E-state index >= 15 is 0 Å². The number of nitrogens with zero attached hydrogens (tertiary/aromatic N) is 5. The first-order chi connectivity index (χ1) is 18.1. The molecule has 13 heteroatoms. The molecule has 0 aliphatic heterocycles. The number of hydrogen-bond acceptors (Lipinski definition) is 9. The Bertz CT molecular complexity index is 1270. The molecule has 10 nitrogen and oxygen atoms in total. The maximum atomic E-state index is 12.6. The Morgan fingerprint density at radius 2 is 1.87 bits per heavy atom. The molecule has 3 aromatic rings. The Balaban J connectivity index is 1.90. The van der Waals surface area contributed by atoms with Crippen LogP contribution < -0.4 is 25.6 Å². The van der Waals surface area contributed by atoms with Crippen LogP contribution >= 0.6 is 19.5 Å². The van der Waals surface area contributed by atoms with Gasteiger partial charge >= 0.3 is 0 Å². The first-order valence-electron chi connectivity index (χ1n) is 11.8. The molecular weight excluding hydrogens is 532 g/mol. The summed E-state index contributed by atoms with van der Waals surface area (Å²) in [5.41, 5.74) is 1.47. The van der Waals surface area contributed by atoms with E-state index in [-0.39, 0.29) is 19.6 Å². The predicted octanol–water partition coefficient (Wildman–Crippen LogP) is 5.24. The maximum absolute atomic E-state index is 12.6. The highest BCUT2D eigenvalue weighted by Gasteiger charge is 2.23. The van der Waals surface area contributed by atoms with Crippen molar-refractivity contribution in [2.24, 2.45) is 0 Å². The second-order valence-corrected chi connectivity index (χ2v) is 11.4. The normalized spacial score (nSPS) is 11.1. The zero-order valence-electron chi connectivity index (χ0n) is 22.0. The van der Waals surface area contributed by atoms with E-state index in [0.29, 0.717) is 47.6 Å². The summed E-state index contributed by atoms with van der Waals surface area (Å²) in [7, 11) is 4.65. The van der Waals surface area contributed by atoms with Gasteiger partial charge in [-0.2, -0.15) is 4.98 Å². The molecule has 0 amide bonds. The van der Waals surface area contributed by atoms with Gasteiger partial charge in [0.15, 0.2) is 5.82 Å². The zero-order valence-corrected chi connectivity index (χ0v) is 23.7. The number of nitro groups is 1. The molecule has 0 unspecified atom stereocenters. The lowest BCUT2D eigenvalue weighted by molar-refractivity contribution is -0.384. The number of ether oxygens (including phenoxy) is 1. The number of nitrogens with one attached hydrogen (secondary N) is 2. The monoisotopic (exact) mass is 563 g/mol. The van der Waals surface area contributed by atoms with Crippen LogP contribution in [-0.2, 0) is 0 Å². The van der Waals surface area contributed by atoms with Crippen molar-refractivity contribution in [1.82, 2.24) is 14.9 Å². The van der Waals surface area contributed by atoms with Gasteiger partial charge in [-0.05, 0) is 31.7 Å². The number of benzene rings is 2. The SMILES string of the molecule is COc1cc(N(C)CCN(C)CCF)c([N+](=O)[O-])cc1Nc1ncc(Cl)c(Nc2ccccc2P(C)C)n1. The number of halogens is 2. The molecule has 0 saturated carbocycles. The van der Waals surface area contributed by atoms with Gasteiger partial charge < -0.3 is 25.2 Å². The molecule has 1 aromatic heterocycles. The molecule has 0 aliphatic carbocycles. The molecule has 0 atom stereocenters. The first-order valence-corrected chi connectivity index (χ1v) is 14.4. The average Bonchev–Trinajstić information content (AvgIpc) is 2.89. The molecule has 0 fully saturated rings. The minimum atomic E-state index is -0.456. The minimum Gasteiger partial charge on any atom is -0.494 e. The molecular formula is C25H32ClFN7O3P. The fourth-order valence-electron chi connectivity index (χ4n) is 3.71. The van der Waals surface area contributed by atoms with Crippen molar-refractivity contribution < 1.29 is 14.1 Å². The molecule has 2 aromatic carbocycles. The highest BCUT2D eigenvalue weighted by atomic mass is 35.5. The summed E-state index contributed by atoms with van der Waals surface area (Å²) in [6.07, 6.45) is 1.46. The number of alkyl halides is 1. The van der Waals surface area contributed by atoms with E-state index < -0.39 is 11.6 Å². The summed E-state index contributed by atoms with van der Waals surface area (Å²) in [5, 5.41) is 19.8. The van der Waals surface area contributed by atoms with Crippen molar-refractivity contribution in [2.45, 2.75) is 0 Å². The van der Waals surface area contributed by atoms with Crippen molar-refractivity contribution in [3.8, 4) is 5.75 Å². The maximum Gasteiger partial charge on any atom is 0.294 e. The smallest absolute Gasteiger partial charge is 0.294 e. The largest absolute Gasteiger partial charge is 0.494 e. The molecule has 3 rings (SSSR count). The number of aromatic nitrogens is 2. The lowest BCUT2D eigenvalue weighted by atomic mass is 10.2. The van der Waals surface area contributed by atoms with Gasteiger partial charge in [0.2, 0.25) is 5.95 Å². The van der Waals surface area contributed by atoms with Crippen LogP contribution in [0.3, 0.4) is 0 Å². The number of methoxy groups -OCH3 is 1. The third-order valence-corrected chi connectivity index (χ3v) is 7.45. The molecule has 0 saturated heterocycles. The van der Waals surface area contributed by atoms with Gasteiger partial charge in [-0.1, -0.05) is 37.7 Å². The predicted molar refractivity (Wildman–Crippen MR) is 155 cm³/mol. The van der Waals surface area contributed by atoms with Crippen LogP contribution in [0.25, 0.3) is 0 Å². The van der Waals surface area contributed by atoms with Gasteiger partial charge in [0.1, 0.15) is 23.1 Å². The van der Waals surface area contributed by atoms with E-state index in [9.17, 15) is 14.5 Å². The lowest BCUT2D eigenvalue weighted by Gasteiger charge is -2.24. The van der Waals surface area contributed by atoms with Crippen molar-refractivity contribution >= 4 is 59.3 Å². The van der Waals surface area contributed by atoms with E-state index in [0.717, 1.165) is 5.69 Å². The minimum absolute atomic E-state index is 0.121. The molecule has 204 valence electrons. The second-order valence-electron chi connectivity index (χ2n) is 8.76. The summed E-state index contributed by atoms with van der Waals surface area (Å²) in [5.74, 6) is 0.956. The van der Waals surface area contributed by atoms with Gasteiger partial charge in [0.05, 0.1) is 23.9 Å². The fourth-order valence-corrected chi connectivity index (χ4v) is 4.84. The van der Waals surface area contributed by atoms with Gasteiger partial charge in [-0.15, -0.1) is 0 Å². The summed E-state index contributed by atoms with van der Waals surface area (Å²) in [6, 6.07) is 10.9. The van der Waals surface area contributed by atoms with Gasteiger partial charge in [0, 0.05) is 44.5 Å². The number of nitro benzene ring substituents is 1. The molecule has 0 radical (unpaired) electrons. The van der Waals surface area contributed by atoms with E-state index in [1.165, 1.54) is 24.7 Å². The summed E-state index contributed by atoms with van der Waals surface area (Å²) in [4.78, 5) is 23.8. The van der Waals surface area contributed by atoms with E-state index in [1.54, 1.807) is 25.1 Å². The summed E-state index contributed by atoms with van der Waals surface area (Å²) < 4.78 is 18.1. The standard InChI is InChI=1S/C25H32ClFN7O3P/c1-32(11-10-27)12-13-33(2)20-15-22(37-3)19(14-21(20)34(35)36)30-25-28-16-17(26)24(31-25)29-18-8-6-7-9-23(18)38(4)5/h6-9,14-16H,10-13H2,1-5H3,(H2,28,29,30,31). The van der Waals surface area contributed by atoms with Crippen LogP contribution in [-0.4, -0.2) is 80.6 Å². The van der Waals surface area contributed by atoms with E-state index in [1.807, 2.05) is 23.1 Å². The highest BCUT2D eigenvalue weighted by Crippen LogP contribution is 2.39. The van der Waals surface area contributed by atoms with Gasteiger partial charge in [0.25, 0.3) is 5.69 Å². The quantitative estimate of drug-likeness (QED) is 0.164. The van der Waals surface area contributed by atoms with Crippen LogP contribution in [0.5, 0.6) is 5.75 Å². The van der Waals surface area contributed by atoms with Crippen molar-refractivity contribution in [3.63, 3.8) is 0 Å². The molecule has 0 spiro atoms. The van der Waals surface area contributed by atoms with Crippen LogP contribution in [0.4, 0.5) is 38.9 Å². The van der Waals surface area contributed by atoms with E-state index in [4.69, 9.17) is 16.3 Å². The third kappa shape index (κ3) is 7.40. The van der Waals surface area contributed by atoms with E-state index in [2.05, 4.69) is 40.0 Å². The number of likely N-dealkylation sites (N-methyl/N-ethyl adjacent to an activating group) is 2. The van der Waals surface area contributed by atoms with Crippen molar-refractivity contribution in [2.75, 3.05) is 76.4 Å². The zero-order chi connectivity index (χ0) is 27.8. The number of anilines is 5. The number of rotatable bonds is 13. The Labute approximate surface area is 228 Å². The van der Waals surface area contributed by atoms with Gasteiger partial charge in [-0.3, -0.25) is 10.1 Å². The Kier molecular flexibility index (Phi) is 10.4. The van der Waals surface area contributed by atoms with Crippen molar-refractivity contribution in [1.29, 1.82) is 0 Å². The summed E-state index contributed by atoms with van der Waals surface area (Å²) in [6.45, 7) is 5.16. The molecule has 1 heterocycles. The Morgan fingerprint density at radius 1 is 1.13 bits per heavy atom. The molecule has 0 bridgehead atoms. The van der Waals surface area contributed by atoms with Crippen molar-refractivity contribution in [3.05, 3.63) is 57.7 Å². The van der Waals surface area contributed by atoms with Crippen LogP contribution in [0.2, 0.25) is 5.02 Å².